The summed E-state index contributed by atoms with van der Waals surface area (Å²) in [7, 11) is 0. The molecule has 0 atom stereocenters. The molecule has 6 heteroatoms. The first-order valence-corrected chi connectivity index (χ1v) is 7.26. The fourth-order valence-corrected chi connectivity index (χ4v) is 2.08. The Kier molecular flexibility index (Phi) is 4.27. The maximum Gasteiger partial charge on any atom is 0.257 e. The van der Waals surface area contributed by atoms with Crippen molar-refractivity contribution in [3.8, 4) is 0 Å². The minimum absolute atomic E-state index is 0.185. The molecule has 0 bridgehead atoms. The number of pyridine rings is 2. The Balaban J connectivity index is 2.32. The minimum Gasteiger partial charge on any atom is -0.384 e. The SMILES string of the molecule is CC(C)(C)c1cc(C(=O)Nc2ncccc2Br)cc(N)n1. The molecule has 21 heavy (non-hydrogen) atoms. The quantitative estimate of drug-likeness (QED) is 0.871. The Morgan fingerprint density at radius 1 is 1.33 bits per heavy atom. The number of carbonyl (C=O) groups is 1. The van der Waals surface area contributed by atoms with E-state index in [-0.39, 0.29) is 11.3 Å². The predicted octanol–water partition coefficient (Wildman–Crippen LogP) is 3.37. The second-order valence-electron chi connectivity index (χ2n) is 5.70. The Hall–Kier alpha value is -1.95. The molecule has 0 aromatic carbocycles. The molecule has 0 saturated carbocycles. The zero-order valence-electron chi connectivity index (χ0n) is 12.1. The Morgan fingerprint density at radius 3 is 2.67 bits per heavy atom. The fourth-order valence-electron chi connectivity index (χ4n) is 1.72. The zero-order chi connectivity index (χ0) is 15.6. The summed E-state index contributed by atoms with van der Waals surface area (Å²) in [5.41, 5.74) is 6.85. The number of halogens is 1. The van der Waals surface area contributed by atoms with E-state index in [9.17, 15) is 4.79 Å². The first-order chi connectivity index (χ1) is 9.77. The van der Waals surface area contributed by atoms with E-state index >= 15 is 0 Å². The number of nitrogen functional groups attached to an aromatic ring is 1. The molecule has 2 aromatic rings. The highest BCUT2D eigenvalue weighted by molar-refractivity contribution is 9.10. The molecule has 0 aliphatic rings. The first-order valence-electron chi connectivity index (χ1n) is 6.47. The molecular formula is C15H17BrN4O. The predicted molar refractivity (Wildman–Crippen MR) is 87.2 cm³/mol. The van der Waals surface area contributed by atoms with Crippen LogP contribution in [0, 0.1) is 0 Å². The molecule has 0 radical (unpaired) electrons. The van der Waals surface area contributed by atoms with Gasteiger partial charge in [-0.15, -0.1) is 0 Å². The molecule has 2 aromatic heterocycles. The van der Waals surface area contributed by atoms with E-state index < -0.39 is 0 Å². The van der Waals surface area contributed by atoms with Crippen LogP contribution in [0.3, 0.4) is 0 Å². The van der Waals surface area contributed by atoms with Crippen molar-refractivity contribution < 1.29 is 4.79 Å². The van der Waals surface area contributed by atoms with E-state index in [1.807, 2.05) is 26.8 Å². The van der Waals surface area contributed by atoms with Gasteiger partial charge in [0.15, 0.2) is 0 Å². The summed E-state index contributed by atoms with van der Waals surface area (Å²) in [4.78, 5) is 20.7. The summed E-state index contributed by atoms with van der Waals surface area (Å²) < 4.78 is 0.719. The minimum atomic E-state index is -0.269. The molecule has 0 aliphatic heterocycles. The third-order valence-corrected chi connectivity index (χ3v) is 3.51. The summed E-state index contributed by atoms with van der Waals surface area (Å²) in [6, 6.07) is 6.90. The number of anilines is 2. The first kappa shape index (κ1) is 15.4. The Labute approximate surface area is 132 Å². The summed E-state index contributed by atoms with van der Waals surface area (Å²) in [6.07, 6.45) is 1.61. The van der Waals surface area contributed by atoms with Crippen LogP contribution in [0.15, 0.2) is 34.9 Å². The molecule has 0 saturated heterocycles. The molecule has 5 nitrogen and oxygen atoms in total. The summed E-state index contributed by atoms with van der Waals surface area (Å²) in [5.74, 6) is 0.525. The highest BCUT2D eigenvalue weighted by Gasteiger charge is 2.19. The van der Waals surface area contributed by atoms with Gasteiger partial charge in [-0.1, -0.05) is 20.8 Å². The number of rotatable bonds is 2. The summed E-state index contributed by atoms with van der Waals surface area (Å²) >= 11 is 3.34. The van der Waals surface area contributed by atoms with Crippen molar-refractivity contribution in [1.29, 1.82) is 0 Å². The van der Waals surface area contributed by atoms with E-state index in [2.05, 4.69) is 31.2 Å². The standard InChI is InChI=1S/C15H17BrN4O/c1-15(2,3)11-7-9(8-12(17)19-11)14(21)20-13-10(16)5-4-6-18-13/h4-8H,1-3H3,(H2,17,19)(H,18,20,21). The van der Waals surface area contributed by atoms with Crippen LogP contribution < -0.4 is 11.1 Å². The largest absolute Gasteiger partial charge is 0.384 e. The van der Waals surface area contributed by atoms with E-state index in [0.29, 0.717) is 17.2 Å². The van der Waals surface area contributed by atoms with Gasteiger partial charge in [0.2, 0.25) is 0 Å². The van der Waals surface area contributed by atoms with Gasteiger partial charge in [0.1, 0.15) is 11.6 Å². The van der Waals surface area contributed by atoms with Crippen LogP contribution in [0.2, 0.25) is 0 Å². The third kappa shape index (κ3) is 3.78. The lowest BCUT2D eigenvalue weighted by atomic mass is 9.90. The van der Waals surface area contributed by atoms with Crippen LogP contribution in [-0.2, 0) is 5.41 Å². The lowest BCUT2D eigenvalue weighted by Gasteiger charge is -2.19. The fraction of sp³-hybridized carbons (Fsp3) is 0.267. The summed E-state index contributed by atoms with van der Waals surface area (Å²) in [5, 5.41) is 2.75. The molecule has 3 N–H and O–H groups in total. The zero-order valence-corrected chi connectivity index (χ0v) is 13.7. The molecule has 0 spiro atoms. The number of carbonyl (C=O) groups excluding carboxylic acids is 1. The van der Waals surface area contributed by atoms with E-state index in [1.165, 1.54) is 0 Å². The second-order valence-corrected chi connectivity index (χ2v) is 6.56. The lowest BCUT2D eigenvalue weighted by molar-refractivity contribution is 0.102. The van der Waals surface area contributed by atoms with Crippen LogP contribution in [0.1, 0.15) is 36.8 Å². The van der Waals surface area contributed by atoms with Crippen LogP contribution in [-0.4, -0.2) is 15.9 Å². The number of amides is 1. The van der Waals surface area contributed by atoms with Gasteiger partial charge in [-0.3, -0.25) is 4.79 Å². The van der Waals surface area contributed by atoms with Crippen molar-refractivity contribution in [2.24, 2.45) is 0 Å². The maximum atomic E-state index is 12.3. The highest BCUT2D eigenvalue weighted by Crippen LogP contribution is 2.24. The second kappa shape index (κ2) is 5.81. The Bertz CT molecular complexity index is 680. The Morgan fingerprint density at radius 2 is 2.05 bits per heavy atom. The number of nitrogens with two attached hydrogens (primary N) is 1. The lowest BCUT2D eigenvalue weighted by Crippen LogP contribution is -2.19. The van der Waals surface area contributed by atoms with Gasteiger partial charge in [-0.2, -0.15) is 0 Å². The van der Waals surface area contributed by atoms with Crippen molar-refractivity contribution in [2.75, 3.05) is 11.1 Å². The molecule has 1 amide bonds. The number of hydrogen-bond acceptors (Lipinski definition) is 4. The molecule has 110 valence electrons. The molecule has 2 heterocycles. The highest BCUT2D eigenvalue weighted by atomic mass is 79.9. The third-order valence-electron chi connectivity index (χ3n) is 2.87. The number of aromatic nitrogens is 2. The average Bonchev–Trinajstić information content (AvgIpc) is 2.39. The van der Waals surface area contributed by atoms with Crippen LogP contribution in [0.25, 0.3) is 0 Å². The van der Waals surface area contributed by atoms with Crippen molar-refractivity contribution >= 4 is 33.5 Å². The molecule has 0 unspecified atom stereocenters. The van der Waals surface area contributed by atoms with E-state index in [0.717, 1.165) is 10.2 Å². The average molecular weight is 349 g/mol. The van der Waals surface area contributed by atoms with Crippen LogP contribution in [0.4, 0.5) is 11.6 Å². The van der Waals surface area contributed by atoms with Crippen LogP contribution in [0.5, 0.6) is 0 Å². The van der Waals surface area contributed by atoms with Gasteiger partial charge >= 0.3 is 0 Å². The van der Waals surface area contributed by atoms with Gasteiger partial charge in [-0.25, -0.2) is 9.97 Å². The number of nitrogens with zero attached hydrogens (tertiary/aromatic N) is 2. The van der Waals surface area contributed by atoms with Crippen molar-refractivity contribution in [2.45, 2.75) is 26.2 Å². The normalized spacial score (nSPS) is 11.2. The van der Waals surface area contributed by atoms with Gasteiger partial charge in [0.05, 0.1) is 4.47 Å². The molecular weight excluding hydrogens is 332 g/mol. The van der Waals surface area contributed by atoms with Crippen molar-refractivity contribution in [1.82, 2.24) is 9.97 Å². The monoisotopic (exact) mass is 348 g/mol. The van der Waals surface area contributed by atoms with Crippen molar-refractivity contribution in [3.63, 3.8) is 0 Å². The maximum absolute atomic E-state index is 12.3. The molecule has 2 rings (SSSR count). The van der Waals surface area contributed by atoms with Crippen molar-refractivity contribution in [3.05, 3.63) is 46.2 Å². The van der Waals surface area contributed by atoms with E-state index in [4.69, 9.17) is 5.73 Å². The number of nitrogens with one attached hydrogen (secondary N) is 1. The number of hydrogen-bond donors (Lipinski definition) is 2. The molecule has 0 fully saturated rings. The van der Waals surface area contributed by atoms with E-state index in [1.54, 1.807) is 24.4 Å². The molecule has 0 aliphatic carbocycles. The van der Waals surface area contributed by atoms with Gasteiger partial charge in [0.25, 0.3) is 5.91 Å². The smallest absolute Gasteiger partial charge is 0.257 e. The van der Waals surface area contributed by atoms with Gasteiger partial charge in [-0.05, 0) is 40.2 Å². The van der Waals surface area contributed by atoms with Gasteiger partial charge in [0, 0.05) is 22.9 Å². The van der Waals surface area contributed by atoms with Crippen LogP contribution >= 0.6 is 15.9 Å². The topological polar surface area (TPSA) is 80.9 Å². The van der Waals surface area contributed by atoms with Gasteiger partial charge < -0.3 is 11.1 Å². The summed E-state index contributed by atoms with van der Waals surface area (Å²) in [6.45, 7) is 6.06.